The van der Waals surface area contributed by atoms with Gasteiger partial charge >= 0.3 is 6.61 Å². The molecule has 1 nitrogen and oxygen atoms in total. The largest absolute Gasteiger partial charge is 0.429 e. The van der Waals surface area contributed by atoms with Crippen LogP contribution in [0.3, 0.4) is 0 Å². The summed E-state index contributed by atoms with van der Waals surface area (Å²) in [6, 6.07) is 1.36. The van der Waals surface area contributed by atoms with Crippen LogP contribution in [0, 0.1) is 47.1 Å². The molecule has 3 fully saturated rings. The van der Waals surface area contributed by atoms with Gasteiger partial charge in [0.05, 0.1) is 0 Å². The number of halogens is 6. The Kier molecular flexibility index (Phi) is 11.0. The van der Waals surface area contributed by atoms with Crippen LogP contribution in [0.25, 0.3) is 0 Å². The van der Waals surface area contributed by atoms with E-state index in [4.69, 9.17) is 0 Å². The molecule has 0 aromatic heterocycles. The first-order valence-electron chi connectivity index (χ1n) is 15.5. The number of benzene rings is 1. The molecule has 0 atom stereocenters. The van der Waals surface area contributed by atoms with Crippen molar-refractivity contribution in [2.24, 2.45) is 35.5 Å². The lowest BCUT2D eigenvalue weighted by molar-refractivity contribution is -0.0781. The fourth-order valence-corrected chi connectivity index (χ4v) is 8.06. The number of unbranched alkanes of at least 4 members (excludes halogenated alkanes) is 2. The summed E-state index contributed by atoms with van der Waals surface area (Å²) in [5, 5.41) is 0. The number of hydrogen-bond donors (Lipinski definition) is 0. The van der Waals surface area contributed by atoms with Gasteiger partial charge in [0.1, 0.15) is 0 Å². The summed E-state index contributed by atoms with van der Waals surface area (Å²) >= 11 is 0. The zero-order chi connectivity index (χ0) is 28.0. The van der Waals surface area contributed by atoms with Crippen molar-refractivity contribution in [1.29, 1.82) is 0 Å². The Bertz CT molecular complexity index is 858. The summed E-state index contributed by atoms with van der Waals surface area (Å²) in [5.74, 6) is -4.16. The van der Waals surface area contributed by atoms with Gasteiger partial charge in [0.15, 0.2) is 17.4 Å². The quantitative estimate of drug-likeness (QED) is 0.193. The predicted molar refractivity (Wildman–Crippen MR) is 142 cm³/mol. The van der Waals surface area contributed by atoms with E-state index in [-0.39, 0.29) is 5.56 Å². The molecule has 3 aliphatic rings. The van der Waals surface area contributed by atoms with Gasteiger partial charge in [0, 0.05) is 12.3 Å². The van der Waals surface area contributed by atoms with Gasteiger partial charge in [-0.2, -0.15) is 8.78 Å². The third kappa shape index (κ3) is 8.31. The van der Waals surface area contributed by atoms with Crippen molar-refractivity contribution in [3.63, 3.8) is 0 Å². The third-order valence-corrected chi connectivity index (χ3v) is 10.3. The van der Waals surface area contributed by atoms with Crippen LogP contribution in [-0.4, -0.2) is 12.5 Å². The Morgan fingerprint density at radius 1 is 0.744 bits per heavy atom. The molecule has 0 unspecified atom stereocenters. The van der Waals surface area contributed by atoms with Crippen LogP contribution in [-0.2, 0) is 6.42 Å². The standard InChI is InChI=1S/C32H46F6O/c1-2-3-4-5-21-6-8-23(9-7-21)24-10-12-25(13-11-24)26-14-16-27(17-15-26)32(37,38)20-22-18-28(33)30(29(34)19-22)39-31(35)36/h18-19,21,23-27,31H,2-17,20H2,1H3. The predicted octanol–water partition coefficient (Wildman–Crippen LogP) is 10.7. The second-order valence-corrected chi connectivity index (χ2v) is 12.8. The molecule has 0 spiro atoms. The Morgan fingerprint density at radius 2 is 1.21 bits per heavy atom. The van der Waals surface area contributed by atoms with Crippen molar-refractivity contribution in [1.82, 2.24) is 0 Å². The molecule has 0 heterocycles. The van der Waals surface area contributed by atoms with E-state index in [0.29, 0.717) is 36.8 Å². The van der Waals surface area contributed by atoms with Crippen molar-refractivity contribution >= 4 is 0 Å². The second kappa shape index (κ2) is 14.0. The molecule has 3 aliphatic carbocycles. The maximum Gasteiger partial charge on any atom is 0.387 e. The Morgan fingerprint density at radius 3 is 1.67 bits per heavy atom. The van der Waals surface area contributed by atoms with Gasteiger partial charge in [0.2, 0.25) is 0 Å². The van der Waals surface area contributed by atoms with Crippen LogP contribution >= 0.6 is 0 Å². The van der Waals surface area contributed by atoms with Gasteiger partial charge in [-0.25, -0.2) is 17.6 Å². The first-order chi connectivity index (χ1) is 18.7. The van der Waals surface area contributed by atoms with Crippen LogP contribution < -0.4 is 4.74 Å². The van der Waals surface area contributed by atoms with E-state index in [1.807, 2.05) is 0 Å². The molecule has 0 saturated heterocycles. The molecule has 0 radical (unpaired) electrons. The van der Waals surface area contributed by atoms with E-state index in [9.17, 15) is 17.6 Å². The molecule has 3 saturated carbocycles. The number of ether oxygens (including phenoxy) is 1. The Labute approximate surface area is 230 Å². The number of hydrogen-bond acceptors (Lipinski definition) is 1. The average molecular weight is 561 g/mol. The molecule has 0 N–H and O–H groups in total. The summed E-state index contributed by atoms with van der Waals surface area (Å²) in [7, 11) is 0. The zero-order valence-corrected chi connectivity index (χ0v) is 23.4. The third-order valence-electron chi connectivity index (χ3n) is 10.3. The highest BCUT2D eigenvalue weighted by molar-refractivity contribution is 5.32. The molecule has 0 bridgehead atoms. The van der Waals surface area contributed by atoms with Crippen LogP contribution in [0.15, 0.2) is 12.1 Å². The van der Waals surface area contributed by atoms with Crippen molar-refractivity contribution in [3.8, 4) is 5.75 Å². The fraction of sp³-hybridized carbons (Fsp3) is 0.812. The van der Waals surface area contributed by atoms with E-state index in [2.05, 4.69) is 11.7 Å². The van der Waals surface area contributed by atoms with Gasteiger partial charge in [0.25, 0.3) is 5.92 Å². The highest BCUT2D eigenvalue weighted by Gasteiger charge is 2.43. The van der Waals surface area contributed by atoms with Crippen LogP contribution in [0.4, 0.5) is 26.3 Å². The van der Waals surface area contributed by atoms with Gasteiger partial charge in [-0.15, -0.1) is 0 Å². The van der Waals surface area contributed by atoms with Gasteiger partial charge in [-0.1, -0.05) is 45.4 Å². The summed E-state index contributed by atoms with van der Waals surface area (Å²) in [6.45, 7) is -1.13. The molecule has 0 aliphatic heterocycles. The van der Waals surface area contributed by atoms with Crippen molar-refractivity contribution in [3.05, 3.63) is 29.3 Å². The Balaban J connectivity index is 1.20. The zero-order valence-electron chi connectivity index (χ0n) is 23.4. The van der Waals surface area contributed by atoms with Crippen molar-refractivity contribution in [2.75, 3.05) is 0 Å². The van der Waals surface area contributed by atoms with Crippen LogP contribution in [0.1, 0.15) is 115 Å². The van der Waals surface area contributed by atoms with E-state index < -0.39 is 42.3 Å². The maximum absolute atomic E-state index is 15.1. The summed E-state index contributed by atoms with van der Waals surface area (Å²) in [6.07, 6.45) is 17.6. The number of rotatable bonds is 11. The minimum absolute atomic E-state index is 0.243. The van der Waals surface area contributed by atoms with Crippen LogP contribution in [0.5, 0.6) is 5.75 Å². The summed E-state index contributed by atoms with van der Waals surface area (Å²) in [4.78, 5) is 0. The highest BCUT2D eigenvalue weighted by Crippen LogP contribution is 2.48. The topological polar surface area (TPSA) is 9.23 Å². The van der Waals surface area contributed by atoms with E-state index in [0.717, 1.165) is 30.6 Å². The first kappa shape index (κ1) is 30.6. The maximum atomic E-state index is 15.1. The first-order valence-corrected chi connectivity index (χ1v) is 15.5. The summed E-state index contributed by atoms with van der Waals surface area (Å²) in [5.41, 5.74) is -0.243. The molecule has 222 valence electrons. The minimum Gasteiger partial charge on any atom is -0.429 e. The molecular weight excluding hydrogens is 514 g/mol. The lowest BCUT2D eigenvalue weighted by Crippen LogP contribution is -2.36. The normalized spacial score (nSPS) is 30.5. The van der Waals surface area contributed by atoms with Gasteiger partial charge < -0.3 is 4.74 Å². The van der Waals surface area contributed by atoms with E-state index in [1.54, 1.807) is 0 Å². The number of alkyl halides is 4. The lowest BCUT2D eigenvalue weighted by atomic mass is 9.64. The monoisotopic (exact) mass is 560 g/mol. The van der Waals surface area contributed by atoms with Crippen molar-refractivity contribution in [2.45, 2.75) is 129 Å². The van der Waals surface area contributed by atoms with Gasteiger partial charge in [-0.3, -0.25) is 0 Å². The highest BCUT2D eigenvalue weighted by atomic mass is 19.3. The van der Waals surface area contributed by atoms with E-state index in [1.165, 1.54) is 77.0 Å². The molecule has 7 heteroatoms. The Hall–Kier alpha value is -1.40. The molecule has 1 aromatic carbocycles. The molecule has 1 aromatic rings. The minimum atomic E-state index is -3.40. The van der Waals surface area contributed by atoms with Crippen molar-refractivity contribution < 1.29 is 31.1 Å². The van der Waals surface area contributed by atoms with Crippen LogP contribution in [0.2, 0.25) is 0 Å². The molecular formula is C32H46F6O. The molecule has 4 rings (SSSR count). The smallest absolute Gasteiger partial charge is 0.387 e. The molecule has 39 heavy (non-hydrogen) atoms. The second-order valence-electron chi connectivity index (χ2n) is 12.8. The molecule has 0 amide bonds. The lowest BCUT2D eigenvalue weighted by Gasteiger charge is -2.42. The van der Waals surface area contributed by atoms with E-state index >= 15 is 8.78 Å². The fourth-order valence-electron chi connectivity index (χ4n) is 8.06. The summed E-state index contributed by atoms with van der Waals surface area (Å²) < 4.78 is 86.8. The van der Waals surface area contributed by atoms with Gasteiger partial charge in [-0.05, 0) is 111 Å². The SMILES string of the molecule is CCCCCC1CCC(C2CCC(C3CCC(C(F)(F)Cc4cc(F)c(OC(F)F)c(F)c4)CC3)CC2)CC1. The average Bonchev–Trinajstić information content (AvgIpc) is 2.91.